The Labute approximate surface area is 124 Å². The summed E-state index contributed by atoms with van der Waals surface area (Å²) in [6, 6.07) is 3.88. The summed E-state index contributed by atoms with van der Waals surface area (Å²) >= 11 is 4.94. The second kappa shape index (κ2) is 7.62. The number of carboxylic acid groups (broad SMARTS) is 1. The molecule has 1 heterocycles. The summed E-state index contributed by atoms with van der Waals surface area (Å²) in [6.45, 7) is 4.13. The van der Waals surface area contributed by atoms with Crippen LogP contribution in [0.15, 0.2) is 15.9 Å². The fraction of sp³-hybridized carbons (Fsp3) is 0.500. The topological polar surface area (TPSA) is 66.8 Å². The highest BCUT2D eigenvalue weighted by Crippen LogP contribution is 2.23. The molecule has 0 saturated heterocycles. The molecule has 1 aromatic rings. The van der Waals surface area contributed by atoms with Crippen LogP contribution in [-0.2, 0) is 20.9 Å². The Morgan fingerprint density at radius 2 is 2.21 bits per heavy atom. The molecule has 0 fully saturated rings. The number of carbonyl (C=O) groups is 2. The number of ether oxygens (including phenoxy) is 1. The normalized spacial score (nSPS) is 12.2. The first-order chi connectivity index (χ1) is 8.93. The summed E-state index contributed by atoms with van der Waals surface area (Å²) in [5.41, 5.74) is 0. The molecule has 5 nitrogen and oxygen atoms in total. The molecule has 0 bridgehead atoms. The molecule has 0 radical (unpaired) electrons. The number of carboxylic acids is 1. The molecule has 1 rings (SSSR count). The first kappa shape index (κ1) is 16.1. The van der Waals surface area contributed by atoms with Crippen LogP contribution in [0.25, 0.3) is 0 Å². The SMILES string of the molecule is CCN(Cc1ccc(Br)s1)C(=O)CO[C@@H](C)C(=O)O. The Hall–Kier alpha value is -0.920. The summed E-state index contributed by atoms with van der Waals surface area (Å²) in [6.07, 6.45) is -0.974. The maximum atomic E-state index is 11.9. The van der Waals surface area contributed by atoms with Crippen molar-refractivity contribution >= 4 is 39.1 Å². The van der Waals surface area contributed by atoms with Crippen molar-refractivity contribution < 1.29 is 19.4 Å². The smallest absolute Gasteiger partial charge is 0.332 e. The van der Waals surface area contributed by atoms with Gasteiger partial charge in [0.2, 0.25) is 5.91 Å². The fourth-order valence-corrected chi connectivity index (χ4v) is 2.86. The van der Waals surface area contributed by atoms with Gasteiger partial charge in [-0.05, 0) is 41.9 Å². The number of halogens is 1. The van der Waals surface area contributed by atoms with Crippen LogP contribution in [0.4, 0.5) is 0 Å². The number of amides is 1. The lowest BCUT2D eigenvalue weighted by atomic mass is 10.4. The monoisotopic (exact) mass is 349 g/mol. The number of hydrogen-bond donors (Lipinski definition) is 1. The van der Waals surface area contributed by atoms with Gasteiger partial charge in [-0.3, -0.25) is 4.79 Å². The summed E-state index contributed by atoms with van der Waals surface area (Å²) in [5.74, 6) is -1.28. The standard InChI is InChI=1S/C12H16BrNO4S/c1-3-14(6-9-4-5-10(13)19-9)11(15)7-18-8(2)12(16)17/h4-5,8H,3,6-7H2,1-2H3,(H,16,17)/t8-/m0/s1. The molecule has 0 saturated carbocycles. The lowest BCUT2D eigenvalue weighted by Gasteiger charge is -2.20. The van der Waals surface area contributed by atoms with Crippen LogP contribution in [0, 0.1) is 0 Å². The molecular weight excluding hydrogens is 334 g/mol. The van der Waals surface area contributed by atoms with E-state index in [0.717, 1.165) is 8.66 Å². The van der Waals surface area contributed by atoms with E-state index in [4.69, 9.17) is 9.84 Å². The molecular formula is C12H16BrNO4S. The second-order valence-electron chi connectivity index (χ2n) is 3.91. The number of carbonyl (C=O) groups excluding carboxylic acids is 1. The number of likely N-dealkylation sites (N-methyl/N-ethyl adjacent to an activating group) is 1. The first-order valence-corrected chi connectivity index (χ1v) is 7.41. The van der Waals surface area contributed by atoms with Crippen molar-refractivity contribution in [3.8, 4) is 0 Å². The van der Waals surface area contributed by atoms with Gasteiger partial charge in [-0.1, -0.05) is 0 Å². The fourth-order valence-electron chi connectivity index (χ4n) is 1.36. The third kappa shape index (κ3) is 5.30. The van der Waals surface area contributed by atoms with Gasteiger partial charge in [-0.2, -0.15) is 0 Å². The van der Waals surface area contributed by atoms with Crippen LogP contribution in [0.1, 0.15) is 18.7 Å². The van der Waals surface area contributed by atoms with E-state index in [2.05, 4.69) is 15.9 Å². The Kier molecular flexibility index (Phi) is 6.47. The van der Waals surface area contributed by atoms with Gasteiger partial charge in [-0.25, -0.2) is 4.79 Å². The predicted molar refractivity (Wildman–Crippen MR) is 76.2 cm³/mol. The van der Waals surface area contributed by atoms with Crippen molar-refractivity contribution in [2.45, 2.75) is 26.5 Å². The molecule has 19 heavy (non-hydrogen) atoms. The minimum Gasteiger partial charge on any atom is -0.479 e. The maximum Gasteiger partial charge on any atom is 0.332 e. The number of aliphatic carboxylic acids is 1. The largest absolute Gasteiger partial charge is 0.479 e. The third-order valence-electron chi connectivity index (χ3n) is 2.51. The van der Waals surface area contributed by atoms with Crippen molar-refractivity contribution in [2.24, 2.45) is 0 Å². The zero-order valence-electron chi connectivity index (χ0n) is 10.8. The van der Waals surface area contributed by atoms with Crippen molar-refractivity contribution in [1.29, 1.82) is 0 Å². The van der Waals surface area contributed by atoms with E-state index in [0.29, 0.717) is 13.1 Å². The first-order valence-electron chi connectivity index (χ1n) is 5.80. The molecule has 7 heteroatoms. The van der Waals surface area contributed by atoms with Crippen molar-refractivity contribution in [3.63, 3.8) is 0 Å². The van der Waals surface area contributed by atoms with Gasteiger partial charge in [0.25, 0.3) is 0 Å². The van der Waals surface area contributed by atoms with Gasteiger partial charge < -0.3 is 14.7 Å². The molecule has 1 atom stereocenters. The van der Waals surface area contributed by atoms with Crippen molar-refractivity contribution in [3.05, 3.63) is 20.8 Å². The van der Waals surface area contributed by atoms with Crippen molar-refractivity contribution in [1.82, 2.24) is 4.90 Å². The Bertz CT molecular complexity index is 449. The highest BCUT2D eigenvalue weighted by atomic mass is 79.9. The third-order valence-corrected chi connectivity index (χ3v) is 4.12. The lowest BCUT2D eigenvalue weighted by Crippen LogP contribution is -2.35. The second-order valence-corrected chi connectivity index (χ2v) is 6.45. The molecule has 0 unspecified atom stereocenters. The number of thiophene rings is 1. The summed E-state index contributed by atoms with van der Waals surface area (Å²) in [5, 5.41) is 8.68. The lowest BCUT2D eigenvalue weighted by molar-refractivity contribution is -0.153. The molecule has 0 aliphatic rings. The highest BCUT2D eigenvalue weighted by molar-refractivity contribution is 9.11. The Balaban J connectivity index is 2.50. The van der Waals surface area contributed by atoms with E-state index in [1.54, 1.807) is 16.2 Å². The molecule has 1 N–H and O–H groups in total. The molecule has 106 valence electrons. The van der Waals surface area contributed by atoms with Gasteiger partial charge in [0, 0.05) is 11.4 Å². The zero-order chi connectivity index (χ0) is 14.4. The average Bonchev–Trinajstić information content (AvgIpc) is 2.77. The van der Waals surface area contributed by atoms with E-state index in [-0.39, 0.29) is 12.5 Å². The summed E-state index contributed by atoms with van der Waals surface area (Å²) < 4.78 is 6.01. The van der Waals surface area contributed by atoms with Crippen LogP contribution >= 0.6 is 27.3 Å². The van der Waals surface area contributed by atoms with Crippen LogP contribution in [0.5, 0.6) is 0 Å². The molecule has 1 aromatic heterocycles. The van der Waals surface area contributed by atoms with E-state index in [1.165, 1.54) is 6.92 Å². The summed E-state index contributed by atoms with van der Waals surface area (Å²) in [4.78, 5) is 25.2. The van der Waals surface area contributed by atoms with E-state index < -0.39 is 12.1 Å². The Morgan fingerprint density at radius 3 is 2.68 bits per heavy atom. The minimum absolute atomic E-state index is 0.208. The van der Waals surface area contributed by atoms with E-state index in [9.17, 15) is 9.59 Å². The van der Waals surface area contributed by atoms with Gasteiger partial charge in [0.1, 0.15) is 6.61 Å². The quantitative estimate of drug-likeness (QED) is 0.820. The molecule has 0 aliphatic carbocycles. The van der Waals surface area contributed by atoms with Gasteiger partial charge in [0.05, 0.1) is 10.3 Å². The molecule has 0 aromatic carbocycles. The van der Waals surface area contributed by atoms with Gasteiger partial charge in [-0.15, -0.1) is 11.3 Å². The van der Waals surface area contributed by atoms with E-state index >= 15 is 0 Å². The van der Waals surface area contributed by atoms with Crippen LogP contribution < -0.4 is 0 Å². The van der Waals surface area contributed by atoms with E-state index in [1.807, 2.05) is 19.1 Å². The molecule has 0 aliphatic heterocycles. The zero-order valence-corrected chi connectivity index (χ0v) is 13.2. The molecule has 1 amide bonds. The number of nitrogens with zero attached hydrogens (tertiary/aromatic N) is 1. The maximum absolute atomic E-state index is 11.9. The predicted octanol–water partition coefficient (Wildman–Crippen LogP) is 2.35. The Morgan fingerprint density at radius 1 is 1.53 bits per heavy atom. The van der Waals surface area contributed by atoms with Crippen LogP contribution in [0.2, 0.25) is 0 Å². The van der Waals surface area contributed by atoms with Crippen LogP contribution in [0.3, 0.4) is 0 Å². The van der Waals surface area contributed by atoms with Gasteiger partial charge in [0.15, 0.2) is 6.10 Å². The minimum atomic E-state index is -1.07. The van der Waals surface area contributed by atoms with Crippen LogP contribution in [-0.4, -0.2) is 41.1 Å². The highest BCUT2D eigenvalue weighted by Gasteiger charge is 2.17. The molecule has 0 spiro atoms. The average molecular weight is 350 g/mol. The summed E-state index contributed by atoms with van der Waals surface area (Å²) in [7, 11) is 0. The van der Waals surface area contributed by atoms with Crippen molar-refractivity contribution in [2.75, 3.05) is 13.2 Å². The number of rotatable bonds is 7. The van der Waals surface area contributed by atoms with Gasteiger partial charge >= 0.3 is 5.97 Å². The number of hydrogen-bond acceptors (Lipinski definition) is 4.